The molecule has 6 heteroatoms. The number of para-hydroxylation sites is 2. The Morgan fingerprint density at radius 3 is 2.46 bits per heavy atom. The summed E-state index contributed by atoms with van der Waals surface area (Å²) in [5.74, 6) is 1.66. The second-order valence-corrected chi connectivity index (χ2v) is 6.35. The quantitative estimate of drug-likeness (QED) is 0.709. The van der Waals surface area contributed by atoms with E-state index in [0.717, 1.165) is 44.4 Å². The summed E-state index contributed by atoms with van der Waals surface area (Å²) in [6.45, 7) is 4.90. The minimum atomic E-state index is 0.722. The lowest BCUT2D eigenvalue weighted by Crippen LogP contribution is -2.46. The molecule has 3 heterocycles. The van der Waals surface area contributed by atoms with Gasteiger partial charge in [-0.15, -0.1) is 0 Å². The molecule has 0 bridgehead atoms. The van der Waals surface area contributed by atoms with Gasteiger partial charge in [-0.25, -0.2) is 9.97 Å². The number of hydrogen-bond acceptors (Lipinski definition) is 5. The SMILES string of the molecule is COc1ccccc1N1CCN(Cc2cccn2-c2ncccn2)CC1. The van der Waals surface area contributed by atoms with Crippen molar-refractivity contribution in [1.82, 2.24) is 19.4 Å². The Morgan fingerprint density at radius 2 is 1.69 bits per heavy atom. The van der Waals surface area contributed by atoms with Crippen LogP contribution >= 0.6 is 0 Å². The van der Waals surface area contributed by atoms with Gasteiger partial charge in [-0.1, -0.05) is 12.1 Å². The first-order valence-corrected chi connectivity index (χ1v) is 8.89. The Balaban J connectivity index is 1.42. The molecule has 0 N–H and O–H groups in total. The molecule has 4 rings (SSSR count). The van der Waals surface area contributed by atoms with Crippen LogP contribution in [0.4, 0.5) is 5.69 Å². The zero-order valence-corrected chi connectivity index (χ0v) is 15.0. The number of benzene rings is 1. The molecule has 1 aliphatic rings. The van der Waals surface area contributed by atoms with Gasteiger partial charge in [0.25, 0.3) is 0 Å². The molecule has 1 saturated heterocycles. The van der Waals surface area contributed by atoms with Gasteiger partial charge in [0, 0.05) is 57.0 Å². The number of aromatic nitrogens is 3. The van der Waals surface area contributed by atoms with Gasteiger partial charge in [0.05, 0.1) is 12.8 Å². The Bertz CT molecular complexity index is 840. The maximum atomic E-state index is 5.50. The molecular weight excluding hydrogens is 326 g/mol. The van der Waals surface area contributed by atoms with Gasteiger partial charge in [-0.3, -0.25) is 9.47 Å². The molecule has 0 spiro atoms. The Labute approximate surface area is 153 Å². The highest BCUT2D eigenvalue weighted by atomic mass is 16.5. The van der Waals surface area contributed by atoms with Crippen LogP contribution in [0.1, 0.15) is 5.69 Å². The molecule has 3 aromatic rings. The minimum absolute atomic E-state index is 0.722. The average Bonchev–Trinajstić information content (AvgIpc) is 3.17. The summed E-state index contributed by atoms with van der Waals surface area (Å²) in [6.07, 6.45) is 5.58. The van der Waals surface area contributed by atoms with Gasteiger partial charge >= 0.3 is 0 Å². The fraction of sp³-hybridized carbons (Fsp3) is 0.300. The summed E-state index contributed by atoms with van der Waals surface area (Å²) in [6, 6.07) is 14.3. The average molecular weight is 349 g/mol. The second-order valence-electron chi connectivity index (χ2n) is 6.35. The predicted molar refractivity (Wildman–Crippen MR) is 102 cm³/mol. The minimum Gasteiger partial charge on any atom is -0.495 e. The number of ether oxygens (including phenoxy) is 1. The molecule has 0 radical (unpaired) electrons. The van der Waals surface area contributed by atoms with Crippen molar-refractivity contribution in [2.75, 3.05) is 38.2 Å². The van der Waals surface area contributed by atoms with Crippen molar-refractivity contribution in [2.45, 2.75) is 6.54 Å². The van der Waals surface area contributed by atoms with Gasteiger partial charge in [0.2, 0.25) is 5.95 Å². The lowest BCUT2D eigenvalue weighted by atomic mass is 10.2. The highest BCUT2D eigenvalue weighted by molar-refractivity contribution is 5.58. The van der Waals surface area contributed by atoms with E-state index in [1.807, 2.05) is 24.4 Å². The third kappa shape index (κ3) is 3.41. The normalized spacial score (nSPS) is 15.2. The van der Waals surface area contributed by atoms with E-state index < -0.39 is 0 Å². The maximum Gasteiger partial charge on any atom is 0.233 e. The van der Waals surface area contributed by atoms with Crippen molar-refractivity contribution < 1.29 is 4.74 Å². The lowest BCUT2D eigenvalue weighted by Gasteiger charge is -2.36. The molecule has 0 saturated carbocycles. The number of hydrogen-bond donors (Lipinski definition) is 0. The maximum absolute atomic E-state index is 5.50. The van der Waals surface area contributed by atoms with Crippen LogP contribution in [0, 0.1) is 0 Å². The number of anilines is 1. The highest BCUT2D eigenvalue weighted by Crippen LogP contribution is 2.28. The van der Waals surface area contributed by atoms with Crippen molar-refractivity contribution in [3.63, 3.8) is 0 Å². The van der Waals surface area contributed by atoms with E-state index >= 15 is 0 Å². The van der Waals surface area contributed by atoms with Crippen LogP contribution in [0.25, 0.3) is 5.95 Å². The number of methoxy groups -OCH3 is 1. The molecule has 0 aliphatic carbocycles. The van der Waals surface area contributed by atoms with E-state index in [2.05, 4.69) is 48.6 Å². The number of nitrogens with zero attached hydrogens (tertiary/aromatic N) is 5. The van der Waals surface area contributed by atoms with Crippen molar-refractivity contribution in [2.24, 2.45) is 0 Å². The van der Waals surface area contributed by atoms with Crippen LogP contribution in [0.3, 0.4) is 0 Å². The highest BCUT2D eigenvalue weighted by Gasteiger charge is 2.20. The molecule has 0 atom stereocenters. The van der Waals surface area contributed by atoms with E-state index in [0.29, 0.717) is 0 Å². The third-order valence-electron chi connectivity index (χ3n) is 4.78. The van der Waals surface area contributed by atoms with Gasteiger partial charge in [0.1, 0.15) is 5.75 Å². The van der Waals surface area contributed by atoms with Gasteiger partial charge in [-0.2, -0.15) is 0 Å². The van der Waals surface area contributed by atoms with Crippen molar-refractivity contribution in [1.29, 1.82) is 0 Å². The van der Waals surface area contributed by atoms with E-state index in [1.54, 1.807) is 19.5 Å². The monoisotopic (exact) mass is 349 g/mol. The van der Waals surface area contributed by atoms with E-state index in [4.69, 9.17) is 4.74 Å². The zero-order valence-electron chi connectivity index (χ0n) is 15.0. The van der Waals surface area contributed by atoms with Gasteiger partial charge in [0.15, 0.2) is 0 Å². The second kappa shape index (κ2) is 7.58. The molecule has 2 aromatic heterocycles. The number of rotatable bonds is 5. The summed E-state index contributed by atoms with van der Waals surface area (Å²) in [4.78, 5) is 13.6. The van der Waals surface area contributed by atoms with Crippen LogP contribution in [-0.2, 0) is 6.54 Å². The molecular formula is C20H23N5O. The van der Waals surface area contributed by atoms with E-state index in [-0.39, 0.29) is 0 Å². The smallest absolute Gasteiger partial charge is 0.233 e. The summed E-state index contributed by atoms with van der Waals surface area (Å²) < 4.78 is 7.56. The Morgan fingerprint density at radius 1 is 0.923 bits per heavy atom. The fourth-order valence-electron chi connectivity index (χ4n) is 3.42. The number of piperazine rings is 1. The largest absolute Gasteiger partial charge is 0.495 e. The Hall–Kier alpha value is -2.86. The molecule has 1 aromatic carbocycles. The van der Waals surface area contributed by atoms with E-state index in [9.17, 15) is 0 Å². The van der Waals surface area contributed by atoms with Crippen LogP contribution in [-0.4, -0.2) is 52.7 Å². The molecule has 26 heavy (non-hydrogen) atoms. The Kier molecular flexibility index (Phi) is 4.84. The molecule has 6 nitrogen and oxygen atoms in total. The summed E-state index contributed by atoms with van der Waals surface area (Å²) in [7, 11) is 1.73. The standard InChI is InChI=1S/C20H23N5O/c1-26-19-8-3-2-7-18(19)24-14-12-23(13-15-24)16-17-6-4-11-25(17)20-21-9-5-10-22-20/h2-11H,12-16H2,1H3. The first kappa shape index (κ1) is 16.6. The molecule has 0 unspecified atom stereocenters. The molecule has 0 amide bonds. The summed E-state index contributed by atoms with van der Waals surface area (Å²) in [5, 5.41) is 0. The van der Waals surface area contributed by atoms with Crippen LogP contribution in [0.15, 0.2) is 61.1 Å². The van der Waals surface area contributed by atoms with Crippen molar-refractivity contribution in [3.8, 4) is 11.7 Å². The predicted octanol–water partition coefficient (Wildman–Crippen LogP) is 2.60. The van der Waals surface area contributed by atoms with E-state index in [1.165, 1.54) is 11.4 Å². The summed E-state index contributed by atoms with van der Waals surface area (Å²) >= 11 is 0. The van der Waals surface area contributed by atoms with Gasteiger partial charge in [-0.05, 0) is 30.3 Å². The van der Waals surface area contributed by atoms with Crippen molar-refractivity contribution >= 4 is 5.69 Å². The lowest BCUT2D eigenvalue weighted by molar-refractivity contribution is 0.245. The first-order valence-electron chi connectivity index (χ1n) is 8.89. The molecule has 1 fully saturated rings. The topological polar surface area (TPSA) is 46.4 Å². The van der Waals surface area contributed by atoms with Crippen molar-refractivity contribution in [3.05, 3.63) is 66.7 Å². The van der Waals surface area contributed by atoms with Gasteiger partial charge < -0.3 is 9.64 Å². The zero-order chi connectivity index (χ0) is 17.8. The summed E-state index contributed by atoms with van der Waals surface area (Å²) in [5.41, 5.74) is 2.39. The van der Waals surface area contributed by atoms with Crippen LogP contribution in [0.5, 0.6) is 5.75 Å². The first-order chi connectivity index (χ1) is 12.8. The third-order valence-corrected chi connectivity index (χ3v) is 4.78. The van der Waals surface area contributed by atoms with Crippen LogP contribution < -0.4 is 9.64 Å². The fourth-order valence-corrected chi connectivity index (χ4v) is 3.42. The van der Waals surface area contributed by atoms with Crippen LogP contribution in [0.2, 0.25) is 0 Å². The molecule has 1 aliphatic heterocycles. The molecule has 134 valence electrons.